The average molecular weight is 371 g/mol. The number of aryl methyl sites for hydroxylation is 1. The molecule has 0 bridgehead atoms. The van der Waals surface area contributed by atoms with Crippen LogP contribution in [-0.2, 0) is 15.6 Å². The van der Waals surface area contributed by atoms with Gasteiger partial charge in [-0.15, -0.1) is 0 Å². The summed E-state index contributed by atoms with van der Waals surface area (Å²) in [5.74, 6) is 1.43. The van der Waals surface area contributed by atoms with Gasteiger partial charge in [0, 0.05) is 21.9 Å². The first kappa shape index (κ1) is 18.5. The number of carbonyl (C=O) groups excluding carboxylic acids is 1. The Morgan fingerprint density at radius 3 is 2.88 bits per heavy atom. The predicted octanol–water partition coefficient (Wildman–Crippen LogP) is 3.18. The fraction of sp³-hybridized carbons (Fsp3) is 0.375. The highest BCUT2D eigenvalue weighted by Crippen LogP contribution is 2.17. The van der Waals surface area contributed by atoms with Crippen molar-refractivity contribution in [2.24, 2.45) is 0 Å². The molecule has 0 aliphatic heterocycles. The van der Waals surface area contributed by atoms with Crippen molar-refractivity contribution in [1.82, 2.24) is 5.16 Å². The van der Waals surface area contributed by atoms with E-state index in [2.05, 4.69) is 10.5 Å². The van der Waals surface area contributed by atoms with Crippen molar-refractivity contribution in [1.29, 1.82) is 0 Å². The summed E-state index contributed by atoms with van der Waals surface area (Å²) in [4.78, 5) is 12.2. The molecule has 0 radical (unpaired) electrons. The molecule has 0 fully saturated rings. The van der Waals surface area contributed by atoms with Crippen molar-refractivity contribution < 1.29 is 18.3 Å². The quantitative estimate of drug-likeness (QED) is 0.771. The molecule has 2 atom stereocenters. The van der Waals surface area contributed by atoms with E-state index >= 15 is 0 Å². The van der Waals surface area contributed by atoms with E-state index in [-0.39, 0.29) is 18.3 Å². The zero-order chi connectivity index (χ0) is 17.5. The standard InChI is InChI=1S/C16H19ClN2O4S/c1-3-14(16(20)18-15-9-11(2)23-19-15)24(21)8-7-22-13-6-4-5-12(17)10-13/h4-6,9-10,14H,3,7-8H2,1-2H3,(H,18,19,20)/t14-,24+/m1/s1. The van der Waals surface area contributed by atoms with Gasteiger partial charge in [-0.2, -0.15) is 0 Å². The molecule has 24 heavy (non-hydrogen) atoms. The van der Waals surface area contributed by atoms with Crippen molar-refractivity contribution in [3.8, 4) is 5.75 Å². The first-order valence-electron chi connectivity index (χ1n) is 7.49. The molecular formula is C16H19ClN2O4S. The predicted molar refractivity (Wildman–Crippen MR) is 93.9 cm³/mol. The third-order valence-electron chi connectivity index (χ3n) is 3.21. The molecule has 1 N–H and O–H groups in total. The number of nitrogens with zero attached hydrogens (tertiary/aromatic N) is 1. The molecule has 0 unspecified atom stereocenters. The molecule has 1 aromatic carbocycles. The summed E-state index contributed by atoms with van der Waals surface area (Å²) in [5, 5.41) is 6.25. The van der Waals surface area contributed by atoms with Crippen LogP contribution < -0.4 is 10.1 Å². The van der Waals surface area contributed by atoms with E-state index in [1.165, 1.54) is 0 Å². The van der Waals surface area contributed by atoms with Gasteiger partial charge in [0.1, 0.15) is 16.8 Å². The summed E-state index contributed by atoms with van der Waals surface area (Å²) in [7, 11) is -1.36. The number of nitrogens with one attached hydrogen (secondary N) is 1. The van der Waals surface area contributed by atoms with Gasteiger partial charge in [0.2, 0.25) is 5.91 Å². The summed E-state index contributed by atoms with van der Waals surface area (Å²) >= 11 is 5.87. The molecule has 8 heteroatoms. The lowest BCUT2D eigenvalue weighted by Crippen LogP contribution is -2.33. The van der Waals surface area contributed by atoms with Crippen LogP contribution in [0.25, 0.3) is 0 Å². The Morgan fingerprint density at radius 2 is 2.25 bits per heavy atom. The lowest BCUT2D eigenvalue weighted by Gasteiger charge is -2.14. The summed E-state index contributed by atoms with van der Waals surface area (Å²) < 4.78 is 22.8. The first-order chi connectivity index (χ1) is 11.5. The van der Waals surface area contributed by atoms with E-state index in [9.17, 15) is 9.00 Å². The van der Waals surface area contributed by atoms with Crippen LogP contribution in [0.2, 0.25) is 5.02 Å². The number of amides is 1. The molecule has 0 aliphatic carbocycles. The number of rotatable bonds is 8. The third-order valence-corrected chi connectivity index (χ3v) is 5.20. The van der Waals surface area contributed by atoms with E-state index < -0.39 is 16.0 Å². The van der Waals surface area contributed by atoms with Crippen LogP contribution in [0.15, 0.2) is 34.9 Å². The Morgan fingerprint density at radius 1 is 1.46 bits per heavy atom. The van der Waals surface area contributed by atoms with Gasteiger partial charge in [0.25, 0.3) is 0 Å². The zero-order valence-corrected chi connectivity index (χ0v) is 15.0. The molecule has 2 aromatic rings. The van der Waals surface area contributed by atoms with E-state index in [4.69, 9.17) is 20.9 Å². The van der Waals surface area contributed by atoms with Gasteiger partial charge in [-0.1, -0.05) is 29.7 Å². The minimum absolute atomic E-state index is 0.236. The highest BCUT2D eigenvalue weighted by molar-refractivity contribution is 7.86. The number of carbonyl (C=O) groups is 1. The Kier molecular flexibility index (Phi) is 6.81. The van der Waals surface area contributed by atoms with Crippen LogP contribution in [0.3, 0.4) is 0 Å². The SMILES string of the molecule is CC[C@H](C(=O)Nc1cc(C)on1)[S@@](=O)CCOc1cccc(Cl)c1. The fourth-order valence-electron chi connectivity index (χ4n) is 2.06. The van der Waals surface area contributed by atoms with Crippen molar-refractivity contribution in [2.45, 2.75) is 25.5 Å². The van der Waals surface area contributed by atoms with Gasteiger partial charge in [-0.25, -0.2) is 0 Å². The number of aromatic nitrogens is 1. The molecule has 1 aromatic heterocycles. The van der Waals surface area contributed by atoms with Crippen LogP contribution in [-0.4, -0.2) is 32.9 Å². The van der Waals surface area contributed by atoms with Crippen LogP contribution in [0, 0.1) is 6.92 Å². The monoisotopic (exact) mass is 370 g/mol. The number of ether oxygens (including phenoxy) is 1. The molecule has 2 rings (SSSR count). The summed E-state index contributed by atoms with van der Waals surface area (Å²) in [5.41, 5.74) is 0. The highest BCUT2D eigenvalue weighted by Gasteiger charge is 2.24. The summed E-state index contributed by atoms with van der Waals surface area (Å²) in [6.07, 6.45) is 0.451. The van der Waals surface area contributed by atoms with Crippen molar-refractivity contribution in [3.05, 3.63) is 41.1 Å². The van der Waals surface area contributed by atoms with Gasteiger partial charge < -0.3 is 14.6 Å². The molecule has 0 spiro atoms. The molecule has 1 amide bonds. The lowest BCUT2D eigenvalue weighted by atomic mass is 10.3. The van der Waals surface area contributed by atoms with Gasteiger partial charge in [-0.3, -0.25) is 9.00 Å². The van der Waals surface area contributed by atoms with E-state index in [1.54, 1.807) is 37.3 Å². The number of hydrogen-bond acceptors (Lipinski definition) is 5. The molecule has 6 nitrogen and oxygen atoms in total. The Labute approximate surface area is 148 Å². The van der Waals surface area contributed by atoms with E-state index in [0.717, 1.165) is 0 Å². The van der Waals surface area contributed by atoms with Gasteiger partial charge in [0.15, 0.2) is 5.82 Å². The number of hydrogen-bond donors (Lipinski definition) is 1. The topological polar surface area (TPSA) is 81.4 Å². The van der Waals surface area contributed by atoms with Gasteiger partial charge in [-0.05, 0) is 31.5 Å². The van der Waals surface area contributed by atoms with Crippen molar-refractivity contribution in [3.63, 3.8) is 0 Å². The smallest absolute Gasteiger partial charge is 0.241 e. The van der Waals surface area contributed by atoms with Gasteiger partial charge >= 0.3 is 0 Å². The largest absolute Gasteiger partial charge is 0.493 e. The van der Waals surface area contributed by atoms with Gasteiger partial charge in [0.05, 0.1) is 12.4 Å². The Hall–Kier alpha value is -1.86. The normalized spacial score (nSPS) is 13.3. The first-order valence-corrected chi connectivity index (χ1v) is 9.25. The van der Waals surface area contributed by atoms with Crippen LogP contribution in [0.4, 0.5) is 5.82 Å². The van der Waals surface area contributed by atoms with Crippen molar-refractivity contribution in [2.75, 3.05) is 17.7 Å². The minimum Gasteiger partial charge on any atom is -0.493 e. The molecule has 0 saturated heterocycles. The van der Waals surface area contributed by atoms with Crippen LogP contribution in [0.5, 0.6) is 5.75 Å². The summed E-state index contributed by atoms with van der Waals surface area (Å²) in [6, 6.07) is 8.58. The number of anilines is 1. The third kappa shape index (κ3) is 5.35. The van der Waals surface area contributed by atoms with E-state index in [1.807, 2.05) is 6.92 Å². The van der Waals surface area contributed by atoms with Crippen LogP contribution in [0.1, 0.15) is 19.1 Å². The van der Waals surface area contributed by atoms with E-state index in [0.29, 0.717) is 28.8 Å². The fourth-order valence-corrected chi connectivity index (χ4v) is 3.45. The second-order valence-corrected chi connectivity index (χ2v) is 7.27. The number of benzene rings is 1. The Balaban J connectivity index is 1.85. The maximum absolute atomic E-state index is 12.4. The summed E-state index contributed by atoms with van der Waals surface area (Å²) in [6.45, 7) is 3.78. The molecule has 1 heterocycles. The zero-order valence-electron chi connectivity index (χ0n) is 13.5. The lowest BCUT2D eigenvalue weighted by molar-refractivity contribution is -0.115. The maximum atomic E-state index is 12.4. The highest BCUT2D eigenvalue weighted by atomic mass is 35.5. The molecule has 130 valence electrons. The average Bonchev–Trinajstić information content (AvgIpc) is 2.93. The maximum Gasteiger partial charge on any atom is 0.241 e. The molecule has 0 saturated carbocycles. The second kappa shape index (κ2) is 8.84. The molecular weight excluding hydrogens is 352 g/mol. The van der Waals surface area contributed by atoms with Crippen molar-refractivity contribution >= 4 is 34.1 Å². The Bertz CT molecular complexity index is 720. The number of halogens is 1. The second-order valence-electron chi connectivity index (χ2n) is 5.10. The minimum atomic E-state index is -1.36. The molecule has 0 aliphatic rings. The van der Waals surface area contributed by atoms with Crippen LogP contribution >= 0.6 is 11.6 Å².